The van der Waals surface area contributed by atoms with Crippen molar-refractivity contribution in [1.29, 1.82) is 0 Å². The lowest BCUT2D eigenvalue weighted by molar-refractivity contribution is -0.274. The summed E-state index contributed by atoms with van der Waals surface area (Å²) in [5, 5.41) is 0. The van der Waals surface area contributed by atoms with Crippen molar-refractivity contribution in [3.63, 3.8) is 0 Å². The summed E-state index contributed by atoms with van der Waals surface area (Å²) in [5.41, 5.74) is 0.420. The fraction of sp³-hybridized carbons (Fsp3) is 0.133. The highest BCUT2D eigenvalue weighted by Crippen LogP contribution is 2.24. The van der Waals surface area contributed by atoms with E-state index in [1.807, 2.05) is 0 Å². The van der Waals surface area contributed by atoms with E-state index in [0.717, 1.165) is 12.1 Å². The second-order valence-electron chi connectivity index (χ2n) is 4.14. The van der Waals surface area contributed by atoms with Gasteiger partial charge < -0.3 is 9.47 Å². The summed E-state index contributed by atoms with van der Waals surface area (Å²) in [6, 6.07) is 11.3. The molecule has 0 saturated heterocycles. The van der Waals surface area contributed by atoms with Crippen molar-refractivity contribution in [1.82, 2.24) is 0 Å². The number of carbonyl (C=O) groups is 1. The van der Waals surface area contributed by atoms with E-state index in [-0.39, 0.29) is 5.56 Å². The average Bonchev–Trinajstić information content (AvgIpc) is 2.45. The van der Waals surface area contributed by atoms with Crippen LogP contribution < -0.4 is 9.47 Å². The van der Waals surface area contributed by atoms with Gasteiger partial charge in [-0.1, -0.05) is 24.3 Å². The Labute approximate surface area is 118 Å². The number of ether oxygens (including phenoxy) is 2. The molecule has 0 saturated carbocycles. The monoisotopic (exact) mass is 296 g/mol. The van der Waals surface area contributed by atoms with Crippen LogP contribution in [0.3, 0.4) is 0 Å². The minimum Gasteiger partial charge on any atom is -0.497 e. The Balaban J connectivity index is 2.28. The lowest BCUT2D eigenvalue weighted by Gasteiger charge is -2.10. The Hall–Kier alpha value is -2.50. The number of alkyl halides is 3. The standard InChI is InChI=1S/C15H11F3O3/c1-20-12-6-2-4-10(8-12)14(19)11-5-3-7-13(9-11)21-15(16,17)18/h2-9H,1H3. The molecular weight excluding hydrogens is 285 g/mol. The predicted octanol–water partition coefficient (Wildman–Crippen LogP) is 3.82. The lowest BCUT2D eigenvalue weighted by atomic mass is 10.0. The summed E-state index contributed by atoms with van der Waals surface area (Å²) >= 11 is 0. The molecule has 0 bridgehead atoms. The first-order valence-corrected chi connectivity index (χ1v) is 5.93. The van der Waals surface area contributed by atoms with Gasteiger partial charge in [-0.25, -0.2) is 0 Å². The van der Waals surface area contributed by atoms with Crippen LogP contribution in [0.15, 0.2) is 48.5 Å². The van der Waals surface area contributed by atoms with Gasteiger partial charge in [0, 0.05) is 11.1 Å². The molecule has 2 aromatic rings. The highest BCUT2D eigenvalue weighted by atomic mass is 19.4. The molecular formula is C15H11F3O3. The molecule has 0 N–H and O–H groups in total. The average molecular weight is 296 g/mol. The van der Waals surface area contributed by atoms with E-state index in [9.17, 15) is 18.0 Å². The van der Waals surface area contributed by atoms with E-state index in [4.69, 9.17) is 4.74 Å². The maximum Gasteiger partial charge on any atom is 0.573 e. The molecule has 0 radical (unpaired) electrons. The molecule has 6 heteroatoms. The van der Waals surface area contributed by atoms with E-state index in [1.165, 1.54) is 25.3 Å². The van der Waals surface area contributed by atoms with Crippen LogP contribution in [0.4, 0.5) is 13.2 Å². The molecule has 2 rings (SSSR count). The van der Waals surface area contributed by atoms with Gasteiger partial charge in [-0.15, -0.1) is 13.2 Å². The van der Waals surface area contributed by atoms with Crippen molar-refractivity contribution in [2.75, 3.05) is 7.11 Å². The van der Waals surface area contributed by atoms with E-state index in [0.29, 0.717) is 11.3 Å². The highest BCUT2D eigenvalue weighted by molar-refractivity contribution is 6.09. The first kappa shape index (κ1) is 14.9. The molecule has 0 aliphatic heterocycles. The van der Waals surface area contributed by atoms with Crippen molar-refractivity contribution >= 4 is 5.78 Å². The van der Waals surface area contributed by atoms with Gasteiger partial charge in [-0.3, -0.25) is 4.79 Å². The molecule has 3 nitrogen and oxygen atoms in total. The first-order chi connectivity index (χ1) is 9.89. The molecule has 0 fully saturated rings. The van der Waals surface area contributed by atoms with Crippen LogP contribution >= 0.6 is 0 Å². The third kappa shape index (κ3) is 3.98. The Morgan fingerprint density at radius 3 is 2.00 bits per heavy atom. The number of benzene rings is 2. The van der Waals surface area contributed by atoms with Gasteiger partial charge in [0.1, 0.15) is 11.5 Å². The number of methoxy groups -OCH3 is 1. The van der Waals surface area contributed by atoms with E-state index in [2.05, 4.69) is 4.74 Å². The van der Waals surface area contributed by atoms with E-state index in [1.54, 1.807) is 18.2 Å². The van der Waals surface area contributed by atoms with Crippen molar-refractivity contribution in [2.45, 2.75) is 6.36 Å². The summed E-state index contributed by atoms with van der Waals surface area (Å²) in [5.74, 6) is -0.360. The van der Waals surface area contributed by atoms with E-state index >= 15 is 0 Å². The van der Waals surface area contributed by atoms with Crippen LogP contribution in [0, 0.1) is 0 Å². The second-order valence-corrected chi connectivity index (χ2v) is 4.14. The van der Waals surface area contributed by atoms with Crippen molar-refractivity contribution in [2.24, 2.45) is 0 Å². The van der Waals surface area contributed by atoms with Gasteiger partial charge in [-0.05, 0) is 24.3 Å². The minimum absolute atomic E-state index is 0.102. The zero-order valence-corrected chi connectivity index (χ0v) is 11.0. The quantitative estimate of drug-likeness (QED) is 0.804. The Morgan fingerprint density at radius 2 is 1.48 bits per heavy atom. The second kappa shape index (κ2) is 5.87. The molecule has 0 heterocycles. The van der Waals surface area contributed by atoms with Gasteiger partial charge in [0.15, 0.2) is 5.78 Å². The summed E-state index contributed by atoms with van der Waals surface area (Å²) < 4.78 is 45.3. The van der Waals surface area contributed by atoms with Crippen LogP contribution in [0.25, 0.3) is 0 Å². The van der Waals surface area contributed by atoms with Crippen LogP contribution in [-0.4, -0.2) is 19.3 Å². The number of carbonyl (C=O) groups excluding carboxylic acids is 1. The van der Waals surface area contributed by atoms with Crippen molar-refractivity contribution < 1.29 is 27.4 Å². The number of hydrogen-bond donors (Lipinski definition) is 0. The minimum atomic E-state index is -4.79. The number of ketones is 1. The summed E-state index contributed by atoms with van der Waals surface area (Å²) in [6.45, 7) is 0. The van der Waals surface area contributed by atoms with Gasteiger partial charge in [0.2, 0.25) is 0 Å². The first-order valence-electron chi connectivity index (χ1n) is 5.93. The van der Waals surface area contributed by atoms with Crippen molar-refractivity contribution in [3.05, 3.63) is 59.7 Å². The summed E-state index contributed by atoms with van der Waals surface area (Å²) in [4.78, 5) is 12.2. The topological polar surface area (TPSA) is 35.5 Å². The van der Waals surface area contributed by atoms with E-state index < -0.39 is 17.9 Å². The molecule has 0 atom stereocenters. The van der Waals surface area contributed by atoms with Gasteiger partial charge >= 0.3 is 6.36 Å². The third-order valence-corrected chi connectivity index (χ3v) is 2.66. The maximum absolute atomic E-state index is 12.2. The molecule has 110 valence electrons. The van der Waals surface area contributed by atoms with Crippen LogP contribution in [0.2, 0.25) is 0 Å². The van der Waals surface area contributed by atoms with Gasteiger partial charge in [0.05, 0.1) is 7.11 Å². The van der Waals surface area contributed by atoms with Gasteiger partial charge in [0.25, 0.3) is 0 Å². The summed E-state index contributed by atoms with van der Waals surface area (Å²) in [7, 11) is 1.46. The zero-order chi connectivity index (χ0) is 15.5. The molecule has 0 spiro atoms. The number of halogens is 3. The zero-order valence-electron chi connectivity index (χ0n) is 11.0. The smallest absolute Gasteiger partial charge is 0.497 e. The SMILES string of the molecule is COc1cccc(C(=O)c2cccc(OC(F)(F)F)c2)c1. The van der Waals surface area contributed by atoms with Crippen LogP contribution in [-0.2, 0) is 0 Å². The van der Waals surface area contributed by atoms with Crippen LogP contribution in [0.5, 0.6) is 11.5 Å². The molecule has 2 aromatic carbocycles. The molecule has 0 aromatic heterocycles. The fourth-order valence-electron chi connectivity index (χ4n) is 1.77. The molecule has 0 aliphatic carbocycles. The Kier molecular flexibility index (Phi) is 4.16. The molecule has 0 aliphatic rings. The fourth-order valence-corrected chi connectivity index (χ4v) is 1.77. The normalized spacial score (nSPS) is 11.0. The Bertz CT molecular complexity index is 651. The Morgan fingerprint density at radius 1 is 0.952 bits per heavy atom. The molecule has 0 amide bonds. The largest absolute Gasteiger partial charge is 0.573 e. The maximum atomic E-state index is 12.2. The number of hydrogen-bond acceptors (Lipinski definition) is 3. The van der Waals surface area contributed by atoms with Gasteiger partial charge in [-0.2, -0.15) is 0 Å². The highest BCUT2D eigenvalue weighted by Gasteiger charge is 2.31. The molecule has 21 heavy (non-hydrogen) atoms. The predicted molar refractivity (Wildman–Crippen MR) is 69.6 cm³/mol. The molecule has 0 unspecified atom stereocenters. The van der Waals surface area contributed by atoms with Crippen LogP contribution in [0.1, 0.15) is 15.9 Å². The lowest BCUT2D eigenvalue weighted by Crippen LogP contribution is -2.17. The van der Waals surface area contributed by atoms with Crippen molar-refractivity contribution in [3.8, 4) is 11.5 Å². The summed E-state index contributed by atoms with van der Waals surface area (Å²) in [6.07, 6.45) is -4.79. The third-order valence-electron chi connectivity index (χ3n) is 2.66. The number of rotatable bonds is 4.